The summed E-state index contributed by atoms with van der Waals surface area (Å²) >= 11 is 0. The first-order valence-corrected chi connectivity index (χ1v) is 14.7. The van der Waals surface area contributed by atoms with E-state index in [4.69, 9.17) is 4.43 Å². The van der Waals surface area contributed by atoms with Crippen LogP contribution in [0.5, 0.6) is 0 Å². The molecule has 166 valence electrons. The predicted molar refractivity (Wildman–Crippen MR) is 131 cm³/mol. The highest BCUT2D eigenvalue weighted by molar-refractivity contribution is 6.77. The molecule has 3 aliphatic rings. The van der Waals surface area contributed by atoms with Crippen molar-refractivity contribution < 1.29 is 4.43 Å². The van der Waals surface area contributed by atoms with E-state index >= 15 is 0 Å². The van der Waals surface area contributed by atoms with Crippen LogP contribution in [0.25, 0.3) is 0 Å². The van der Waals surface area contributed by atoms with Crippen LogP contribution < -0.4 is 0 Å². The first-order valence-electron chi connectivity index (χ1n) is 12.6. The number of hydrogen-bond donors (Lipinski definition) is 0. The second kappa shape index (κ2) is 7.83. The molecule has 4 rings (SSSR count). The molecule has 3 aliphatic carbocycles. The standard InChI is InChI=1S/C28H44OSi/c1-18(2)30(19(3)4,20(5)6)29-27-14-13-26-25-12-10-22-17-21(7)9-11-23(22)24(25)15-16-28(26,27)8/h9,11,14,17-20,24-26H,10,12-13,15-16H2,1-8H3/t24-,25-,26+,28+/m1/s1. The van der Waals surface area contributed by atoms with Gasteiger partial charge in [-0.25, -0.2) is 0 Å². The molecule has 0 bridgehead atoms. The third-order valence-electron chi connectivity index (χ3n) is 9.39. The van der Waals surface area contributed by atoms with Gasteiger partial charge in [0.1, 0.15) is 0 Å². The highest BCUT2D eigenvalue weighted by Gasteiger charge is 2.56. The summed E-state index contributed by atoms with van der Waals surface area (Å²) in [5.74, 6) is 3.74. The van der Waals surface area contributed by atoms with Crippen LogP contribution in [0.2, 0.25) is 16.6 Å². The van der Waals surface area contributed by atoms with Crippen molar-refractivity contribution in [2.75, 3.05) is 0 Å². The maximum Gasteiger partial charge on any atom is 0.258 e. The van der Waals surface area contributed by atoms with Crippen LogP contribution in [-0.4, -0.2) is 8.32 Å². The topological polar surface area (TPSA) is 9.23 Å². The van der Waals surface area contributed by atoms with Crippen molar-refractivity contribution in [3.63, 3.8) is 0 Å². The van der Waals surface area contributed by atoms with E-state index in [2.05, 4.69) is 79.7 Å². The lowest BCUT2D eigenvalue weighted by molar-refractivity contribution is 0.0488. The third-order valence-corrected chi connectivity index (χ3v) is 15.4. The Morgan fingerprint density at radius 3 is 2.30 bits per heavy atom. The van der Waals surface area contributed by atoms with Gasteiger partial charge in [0.05, 0.1) is 5.76 Å². The minimum absolute atomic E-state index is 0.250. The highest BCUT2D eigenvalue weighted by Crippen LogP contribution is 2.62. The first-order chi connectivity index (χ1) is 14.1. The largest absolute Gasteiger partial charge is 0.546 e. The number of allylic oxidation sites excluding steroid dienone is 2. The molecular formula is C28H44OSi. The van der Waals surface area contributed by atoms with Gasteiger partial charge in [0, 0.05) is 5.41 Å². The van der Waals surface area contributed by atoms with Crippen LogP contribution in [0, 0.1) is 24.2 Å². The van der Waals surface area contributed by atoms with Gasteiger partial charge >= 0.3 is 0 Å². The van der Waals surface area contributed by atoms with Gasteiger partial charge in [-0.1, -0.05) is 72.2 Å². The lowest BCUT2D eigenvalue weighted by atomic mass is 9.55. The quantitative estimate of drug-likeness (QED) is 0.430. The van der Waals surface area contributed by atoms with E-state index in [-0.39, 0.29) is 5.41 Å². The zero-order valence-corrected chi connectivity index (χ0v) is 21.7. The SMILES string of the molecule is Cc1ccc2c(c1)CC[C@@H]1[C@@H]2CC[C@]2(C)C(O[Si](C(C)C)(C(C)C)C(C)C)=CC[C@@H]12. The first kappa shape index (κ1) is 22.2. The molecule has 1 fully saturated rings. The van der Waals surface area contributed by atoms with Crippen LogP contribution >= 0.6 is 0 Å². The number of fused-ring (bicyclic) bond motifs is 5. The second-order valence-corrected chi connectivity index (χ2v) is 17.2. The van der Waals surface area contributed by atoms with Gasteiger partial charge in [0.25, 0.3) is 8.32 Å². The summed E-state index contributed by atoms with van der Waals surface area (Å²) in [5.41, 5.74) is 6.90. The Kier molecular flexibility index (Phi) is 5.79. The summed E-state index contributed by atoms with van der Waals surface area (Å²) in [6, 6.07) is 7.25. The molecule has 0 spiro atoms. The lowest BCUT2D eigenvalue weighted by Crippen LogP contribution is -2.50. The van der Waals surface area contributed by atoms with Gasteiger partial charge in [-0.05, 0) is 90.6 Å². The molecule has 0 amide bonds. The van der Waals surface area contributed by atoms with E-state index in [1.807, 2.05) is 0 Å². The van der Waals surface area contributed by atoms with E-state index in [1.54, 1.807) is 11.1 Å². The molecule has 1 aromatic carbocycles. The number of hydrogen-bond acceptors (Lipinski definition) is 1. The van der Waals surface area contributed by atoms with Crippen molar-refractivity contribution in [1.82, 2.24) is 0 Å². The molecule has 0 N–H and O–H groups in total. The Morgan fingerprint density at radius 1 is 1.00 bits per heavy atom. The molecule has 2 heteroatoms. The van der Waals surface area contributed by atoms with Crippen LogP contribution in [0.1, 0.15) is 96.8 Å². The molecule has 0 aliphatic heterocycles. The maximum atomic E-state index is 7.32. The van der Waals surface area contributed by atoms with Crippen LogP contribution in [0.15, 0.2) is 30.0 Å². The number of rotatable bonds is 5. The van der Waals surface area contributed by atoms with E-state index in [0.717, 1.165) is 17.8 Å². The summed E-state index contributed by atoms with van der Waals surface area (Å²) in [5, 5.41) is 0. The van der Waals surface area contributed by atoms with E-state index in [9.17, 15) is 0 Å². The Labute approximate surface area is 186 Å². The smallest absolute Gasteiger partial charge is 0.258 e. The van der Waals surface area contributed by atoms with Crippen LogP contribution in [0.3, 0.4) is 0 Å². The molecular weight excluding hydrogens is 380 g/mol. The Balaban J connectivity index is 1.62. The van der Waals surface area contributed by atoms with E-state index in [0.29, 0.717) is 16.6 Å². The summed E-state index contributed by atoms with van der Waals surface area (Å²) in [7, 11) is -1.89. The Morgan fingerprint density at radius 2 is 1.67 bits per heavy atom. The summed E-state index contributed by atoms with van der Waals surface area (Å²) in [4.78, 5) is 0. The summed E-state index contributed by atoms with van der Waals surface area (Å²) < 4.78 is 7.32. The van der Waals surface area contributed by atoms with Gasteiger partial charge in [-0.3, -0.25) is 0 Å². The highest BCUT2D eigenvalue weighted by atomic mass is 28.4. The fourth-order valence-corrected chi connectivity index (χ4v) is 13.3. The lowest BCUT2D eigenvalue weighted by Gasteiger charge is -2.52. The fourth-order valence-electron chi connectivity index (χ4n) is 7.94. The van der Waals surface area contributed by atoms with Crippen molar-refractivity contribution in [3.05, 3.63) is 46.7 Å². The fraction of sp³-hybridized carbons (Fsp3) is 0.714. The number of aryl methyl sites for hydroxylation is 2. The molecule has 30 heavy (non-hydrogen) atoms. The zero-order valence-electron chi connectivity index (χ0n) is 20.7. The van der Waals surface area contributed by atoms with Crippen molar-refractivity contribution in [2.24, 2.45) is 17.3 Å². The summed E-state index contributed by atoms with van der Waals surface area (Å²) in [6.07, 6.45) is 9.01. The van der Waals surface area contributed by atoms with Gasteiger partial charge < -0.3 is 4.43 Å². The van der Waals surface area contributed by atoms with Crippen molar-refractivity contribution in [2.45, 2.75) is 110 Å². The van der Waals surface area contributed by atoms with Crippen LogP contribution in [0.4, 0.5) is 0 Å². The average molecular weight is 425 g/mol. The van der Waals surface area contributed by atoms with Gasteiger partial charge in [-0.15, -0.1) is 0 Å². The van der Waals surface area contributed by atoms with Crippen molar-refractivity contribution in [3.8, 4) is 0 Å². The molecule has 0 radical (unpaired) electrons. The molecule has 1 aromatic rings. The van der Waals surface area contributed by atoms with Crippen molar-refractivity contribution >= 4 is 8.32 Å². The molecule has 0 saturated heterocycles. The molecule has 0 aromatic heterocycles. The second-order valence-electron chi connectivity index (χ2n) is 11.8. The molecule has 1 nitrogen and oxygen atoms in total. The maximum absolute atomic E-state index is 7.32. The summed E-state index contributed by atoms with van der Waals surface area (Å²) in [6.45, 7) is 19.3. The van der Waals surface area contributed by atoms with Crippen molar-refractivity contribution in [1.29, 1.82) is 0 Å². The Bertz CT molecular complexity index is 798. The van der Waals surface area contributed by atoms with Gasteiger partial charge in [0.15, 0.2) is 0 Å². The Hall–Kier alpha value is -1.02. The average Bonchev–Trinajstić information content (AvgIpc) is 3.00. The van der Waals surface area contributed by atoms with Gasteiger partial charge in [0.2, 0.25) is 0 Å². The monoisotopic (exact) mass is 424 g/mol. The zero-order chi connectivity index (χ0) is 21.8. The molecule has 0 heterocycles. The van der Waals surface area contributed by atoms with E-state index in [1.165, 1.54) is 43.4 Å². The predicted octanol–water partition coefficient (Wildman–Crippen LogP) is 8.54. The minimum Gasteiger partial charge on any atom is -0.546 e. The minimum atomic E-state index is -1.89. The number of benzene rings is 1. The molecule has 1 saturated carbocycles. The van der Waals surface area contributed by atoms with E-state index < -0.39 is 8.32 Å². The molecule has 0 unspecified atom stereocenters. The normalized spacial score (nSPS) is 30.9. The van der Waals surface area contributed by atoms with Crippen LogP contribution in [-0.2, 0) is 10.8 Å². The third kappa shape index (κ3) is 3.24. The molecule has 4 atom stereocenters. The van der Waals surface area contributed by atoms with Gasteiger partial charge in [-0.2, -0.15) is 0 Å².